The van der Waals surface area contributed by atoms with E-state index in [-0.39, 0.29) is 33.9 Å². The molecule has 0 amide bonds. The molecule has 1 aromatic rings. The van der Waals surface area contributed by atoms with Gasteiger partial charge in [0.05, 0.1) is 5.02 Å². The molecule has 2 aliphatic carbocycles. The van der Waals surface area contributed by atoms with Crippen molar-refractivity contribution in [1.82, 2.24) is 0 Å². The van der Waals surface area contributed by atoms with Crippen molar-refractivity contribution >= 4 is 40.9 Å². The van der Waals surface area contributed by atoms with E-state index in [0.717, 1.165) is 44.9 Å². The third kappa shape index (κ3) is 4.01. The minimum Gasteiger partial charge on any atom is -0.481 e. The van der Waals surface area contributed by atoms with Gasteiger partial charge in [-0.05, 0) is 63.5 Å². The molecule has 3 rings (SSSR count). The van der Waals surface area contributed by atoms with E-state index < -0.39 is 28.4 Å². The Kier molecular flexibility index (Phi) is 7.64. The lowest BCUT2D eigenvalue weighted by molar-refractivity contribution is -0.181. The number of ether oxygens (including phenoxy) is 1. The van der Waals surface area contributed by atoms with Gasteiger partial charge in [-0.25, -0.2) is 4.79 Å². The topological polar surface area (TPSA) is 101 Å². The normalized spacial score (nSPS) is 22.5. The van der Waals surface area contributed by atoms with Gasteiger partial charge in [0, 0.05) is 11.0 Å². The van der Waals surface area contributed by atoms with Gasteiger partial charge in [0.2, 0.25) is 5.60 Å². The summed E-state index contributed by atoms with van der Waals surface area (Å²) in [6.45, 7) is 6.29. The van der Waals surface area contributed by atoms with Gasteiger partial charge < -0.3 is 14.9 Å². The SMILES string of the molecule is CCCCC1(C2CCCC2)Cc2cc(OC(CC)(C(=O)O)C(C)(C)C(=O)O)c(Cl)c(Cl)c2C1=O. The van der Waals surface area contributed by atoms with Gasteiger partial charge in [-0.1, -0.05) is 62.7 Å². The van der Waals surface area contributed by atoms with Gasteiger partial charge in [0.25, 0.3) is 0 Å². The molecule has 0 saturated heterocycles. The highest BCUT2D eigenvalue weighted by Crippen LogP contribution is 2.55. The van der Waals surface area contributed by atoms with Crippen molar-refractivity contribution in [3.8, 4) is 5.75 Å². The zero-order valence-electron chi connectivity index (χ0n) is 20.3. The maximum absolute atomic E-state index is 13.8. The van der Waals surface area contributed by atoms with Crippen LogP contribution in [0.25, 0.3) is 0 Å². The second-order valence-electron chi connectivity index (χ2n) is 10.3. The van der Waals surface area contributed by atoms with Crippen molar-refractivity contribution in [3.05, 3.63) is 27.2 Å². The lowest BCUT2D eigenvalue weighted by atomic mass is 9.68. The van der Waals surface area contributed by atoms with E-state index >= 15 is 0 Å². The lowest BCUT2D eigenvalue weighted by Gasteiger charge is -2.40. The highest BCUT2D eigenvalue weighted by atomic mass is 35.5. The lowest BCUT2D eigenvalue weighted by Crippen LogP contribution is -2.59. The van der Waals surface area contributed by atoms with E-state index in [2.05, 4.69) is 6.92 Å². The standard InChI is InChI=1S/C26H34Cl2O6/c1-5-7-12-25(16-10-8-9-11-16)14-15-13-17(19(27)20(28)18(15)21(25)29)34-26(6-2,23(32)33)24(3,4)22(30)31/h13,16H,5-12,14H2,1-4H3,(H,30,31)(H,32,33). The molecule has 0 aliphatic heterocycles. The number of ketones is 1. The van der Waals surface area contributed by atoms with Crippen LogP contribution in [0.3, 0.4) is 0 Å². The minimum absolute atomic E-state index is 0.00509. The molecule has 2 aliphatic rings. The fourth-order valence-corrected chi connectivity index (χ4v) is 6.44. The Labute approximate surface area is 211 Å². The highest BCUT2D eigenvalue weighted by molar-refractivity contribution is 6.45. The molecule has 2 unspecified atom stereocenters. The fourth-order valence-electron chi connectivity index (χ4n) is 5.95. The number of unbranched alkanes of at least 4 members (excludes halogenated alkanes) is 1. The summed E-state index contributed by atoms with van der Waals surface area (Å²) >= 11 is 13.2. The second-order valence-corrected chi connectivity index (χ2v) is 11.1. The summed E-state index contributed by atoms with van der Waals surface area (Å²) in [5.41, 5.74) is -3.30. The van der Waals surface area contributed by atoms with Crippen LogP contribution in [0.2, 0.25) is 10.0 Å². The molecule has 34 heavy (non-hydrogen) atoms. The molecule has 0 spiro atoms. The third-order valence-corrected chi connectivity index (χ3v) is 9.07. The molecular weight excluding hydrogens is 479 g/mol. The smallest absolute Gasteiger partial charge is 0.349 e. The van der Waals surface area contributed by atoms with Crippen LogP contribution in [0.15, 0.2) is 6.07 Å². The minimum atomic E-state index is -2.09. The van der Waals surface area contributed by atoms with Crippen LogP contribution in [-0.2, 0) is 16.0 Å². The zero-order chi connectivity index (χ0) is 25.5. The average Bonchev–Trinajstić information content (AvgIpc) is 3.41. The molecule has 1 aromatic carbocycles. The highest BCUT2D eigenvalue weighted by Gasteiger charge is 2.58. The summed E-state index contributed by atoms with van der Waals surface area (Å²) in [7, 11) is 0. The van der Waals surface area contributed by atoms with Crippen LogP contribution in [0.1, 0.15) is 95.0 Å². The first kappa shape index (κ1) is 26.8. The zero-order valence-corrected chi connectivity index (χ0v) is 21.8. The number of hydrogen-bond acceptors (Lipinski definition) is 4. The van der Waals surface area contributed by atoms with Crippen molar-refractivity contribution in [2.45, 2.75) is 91.1 Å². The summed E-state index contributed by atoms with van der Waals surface area (Å²) in [6.07, 6.45) is 7.28. The maximum atomic E-state index is 13.8. The molecular formula is C26H34Cl2O6. The Morgan fingerprint density at radius 1 is 1.12 bits per heavy atom. The Balaban J connectivity index is 2.12. The Bertz CT molecular complexity index is 997. The Morgan fingerprint density at radius 2 is 1.74 bits per heavy atom. The molecule has 0 bridgehead atoms. The molecule has 8 heteroatoms. The van der Waals surface area contributed by atoms with Crippen LogP contribution in [0.4, 0.5) is 0 Å². The largest absolute Gasteiger partial charge is 0.481 e. The van der Waals surface area contributed by atoms with Crippen molar-refractivity contribution in [3.63, 3.8) is 0 Å². The number of fused-ring (bicyclic) bond motifs is 1. The first-order valence-electron chi connectivity index (χ1n) is 12.1. The maximum Gasteiger partial charge on any atom is 0.349 e. The van der Waals surface area contributed by atoms with E-state index in [1.165, 1.54) is 13.8 Å². The molecule has 0 radical (unpaired) electrons. The summed E-state index contributed by atoms with van der Waals surface area (Å²) in [6, 6.07) is 1.61. The number of carbonyl (C=O) groups excluding carboxylic acids is 1. The first-order valence-corrected chi connectivity index (χ1v) is 12.9. The number of carboxylic acid groups (broad SMARTS) is 2. The molecule has 1 fully saturated rings. The quantitative estimate of drug-likeness (QED) is 0.356. The fraction of sp³-hybridized carbons (Fsp3) is 0.654. The molecule has 6 nitrogen and oxygen atoms in total. The predicted octanol–water partition coefficient (Wildman–Crippen LogP) is 6.82. The third-order valence-electron chi connectivity index (χ3n) is 8.23. The van der Waals surface area contributed by atoms with E-state index in [1.54, 1.807) is 13.0 Å². The molecule has 188 valence electrons. The number of hydrogen-bond donors (Lipinski definition) is 2. The van der Waals surface area contributed by atoms with Crippen molar-refractivity contribution in [2.24, 2.45) is 16.7 Å². The number of rotatable bonds is 10. The van der Waals surface area contributed by atoms with Crippen LogP contribution in [-0.4, -0.2) is 33.5 Å². The van der Waals surface area contributed by atoms with Crippen LogP contribution in [0, 0.1) is 16.7 Å². The van der Waals surface area contributed by atoms with Crippen LogP contribution < -0.4 is 4.74 Å². The van der Waals surface area contributed by atoms with Gasteiger partial charge in [0.1, 0.15) is 16.2 Å². The van der Waals surface area contributed by atoms with E-state index in [9.17, 15) is 24.6 Å². The van der Waals surface area contributed by atoms with Gasteiger partial charge in [0.15, 0.2) is 5.78 Å². The van der Waals surface area contributed by atoms with Crippen LogP contribution in [0.5, 0.6) is 5.75 Å². The molecule has 1 saturated carbocycles. The summed E-state index contributed by atoms with van der Waals surface area (Å²) in [4.78, 5) is 38.2. The molecule has 2 atom stereocenters. The van der Waals surface area contributed by atoms with Gasteiger partial charge in [-0.15, -0.1) is 0 Å². The summed E-state index contributed by atoms with van der Waals surface area (Å²) < 4.78 is 5.98. The number of benzene rings is 1. The number of halogens is 2. The molecule has 0 aromatic heterocycles. The monoisotopic (exact) mass is 512 g/mol. The number of carboxylic acids is 2. The van der Waals surface area contributed by atoms with E-state index in [1.807, 2.05) is 0 Å². The average molecular weight is 513 g/mol. The van der Waals surface area contributed by atoms with Gasteiger partial charge >= 0.3 is 11.9 Å². The molecule has 2 N–H and O–H groups in total. The van der Waals surface area contributed by atoms with E-state index in [4.69, 9.17) is 27.9 Å². The Hall–Kier alpha value is -1.79. The summed E-state index contributed by atoms with van der Waals surface area (Å²) in [5, 5.41) is 19.8. The van der Waals surface area contributed by atoms with E-state index in [0.29, 0.717) is 17.5 Å². The number of aliphatic carboxylic acids is 2. The van der Waals surface area contributed by atoms with Gasteiger partial charge in [-0.3, -0.25) is 9.59 Å². The van der Waals surface area contributed by atoms with Crippen molar-refractivity contribution in [2.75, 3.05) is 0 Å². The summed E-state index contributed by atoms with van der Waals surface area (Å²) in [5.74, 6) is -2.43. The second kappa shape index (κ2) is 9.69. The Morgan fingerprint density at radius 3 is 2.24 bits per heavy atom. The molecule has 0 heterocycles. The van der Waals surface area contributed by atoms with Crippen molar-refractivity contribution in [1.29, 1.82) is 0 Å². The van der Waals surface area contributed by atoms with Gasteiger partial charge in [-0.2, -0.15) is 0 Å². The number of carbonyl (C=O) groups is 3. The first-order chi connectivity index (χ1) is 15.9. The van der Waals surface area contributed by atoms with Crippen molar-refractivity contribution < 1.29 is 29.3 Å². The van der Waals surface area contributed by atoms with Crippen LogP contribution >= 0.6 is 23.2 Å². The predicted molar refractivity (Wildman–Crippen MR) is 131 cm³/mol. The number of Topliss-reactive ketones (excluding diaryl/α,β-unsaturated/α-hetero) is 1.